The van der Waals surface area contributed by atoms with Crippen molar-refractivity contribution in [3.05, 3.63) is 12.7 Å². The minimum absolute atomic E-state index is 0.0545. The van der Waals surface area contributed by atoms with Crippen LogP contribution in [0.1, 0.15) is 84.5 Å². The van der Waals surface area contributed by atoms with Gasteiger partial charge in [-0.25, -0.2) is 4.79 Å². The molecule has 0 heterocycles. The topological polar surface area (TPSA) is 101 Å². The summed E-state index contributed by atoms with van der Waals surface area (Å²) in [5.74, 6) is -3.25. The first kappa shape index (κ1) is 25.8. The molecule has 0 aliphatic rings. The number of ether oxygens (including phenoxy) is 1. The zero-order valence-electron chi connectivity index (χ0n) is 17.3. The van der Waals surface area contributed by atoms with Crippen molar-refractivity contribution < 1.29 is 29.0 Å². The minimum atomic E-state index is -1.55. The third kappa shape index (κ3) is 10.8. The first-order valence-electron chi connectivity index (χ1n) is 10.2. The molecule has 0 saturated heterocycles. The smallest absolute Gasteiger partial charge is 0.327 e. The Morgan fingerprint density at radius 1 is 0.929 bits per heavy atom. The molecule has 7 heteroatoms. The maximum atomic E-state index is 12.7. The van der Waals surface area contributed by atoms with Crippen molar-refractivity contribution >= 4 is 23.8 Å². The number of hydrogen-bond acceptors (Lipinski definition) is 5. The number of imide groups is 1. The molecule has 1 atom stereocenters. The van der Waals surface area contributed by atoms with Crippen molar-refractivity contribution in [2.24, 2.45) is 0 Å². The van der Waals surface area contributed by atoms with Crippen molar-refractivity contribution in [2.45, 2.75) is 90.5 Å². The fraction of sp³-hybridized carbons (Fsp3) is 0.714. The lowest BCUT2D eigenvalue weighted by Crippen LogP contribution is -2.49. The van der Waals surface area contributed by atoms with Crippen molar-refractivity contribution in [1.29, 1.82) is 0 Å². The molecule has 1 N–H and O–H groups in total. The van der Waals surface area contributed by atoms with Gasteiger partial charge in [0.25, 0.3) is 0 Å². The molecule has 0 aliphatic heterocycles. The van der Waals surface area contributed by atoms with Crippen LogP contribution in [0.4, 0.5) is 0 Å². The number of carboxylic acid groups (broad SMARTS) is 1. The number of carbonyl (C=O) groups excluding carboxylic acids is 3. The maximum absolute atomic E-state index is 12.7. The molecule has 0 rings (SSSR count). The number of hydrogen-bond donors (Lipinski definition) is 1. The highest BCUT2D eigenvalue weighted by Gasteiger charge is 2.36. The second-order valence-electron chi connectivity index (χ2n) is 6.81. The lowest BCUT2D eigenvalue weighted by Gasteiger charge is -2.27. The van der Waals surface area contributed by atoms with Gasteiger partial charge in [0.15, 0.2) is 0 Å². The molecular weight excluding hydrogens is 362 g/mol. The predicted octanol–water partition coefficient (Wildman–Crippen LogP) is 3.85. The van der Waals surface area contributed by atoms with Crippen LogP contribution in [-0.4, -0.2) is 46.4 Å². The third-order valence-electron chi connectivity index (χ3n) is 4.34. The molecule has 1 unspecified atom stereocenters. The van der Waals surface area contributed by atoms with Crippen LogP contribution in [0.25, 0.3) is 0 Å². The number of nitrogens with zero attached hydrogens (tertiary/aromatic N) is 1. The van der Waals surface area contributed by atoms with E-state index in [2.05, 4.69) is 6.58 Å². The Balaban J connectivity index is 5.22. The summed E-state index contributed by atoms with van der Waals surface area (Å²) >= 11 is 0. The highest BCUT2D eigenvalue weighted by Crippen LogP contribution is 2.15. The lowest BCUT2D eigenvalue weighted by atomic mass is 10.1. The van der Waals surface area contributed by atoms with E-state index >= 15 is 0 Å². The number of aliphatic carboxylic acids is 1. The predicted molar refractivity (Wildman–Crippen MR) is 107 cm³/mol. The molecule has 0 bridgehead atoms. The SMILES string of the molecule is C=CCOC(=O)CC(C(=O)O)N(C(=O)CCCCCC)C(=O)CCCCCC. The van der Waals surface area contributed by atoms with E-state index in [4.69, 9.17) is 4.74 Å². The average molecular weight is 398 g/mol. The molecule has 0 spiro atoms. The van der Waals surface area contributed by atoms with Gasteiger partial charge in [-0.3, -0.25) is 19.3 Å². The molecule has 0 aromatic carbocycles. The van der Waals surface area contributed by atoms with Gasteiger partial charge in [-0.15, -0.1) is 0 Å². The van der Waals surface area contributed by atoms with Crippen molar-refractivity contribution in [3.63, 3.8) is 0 Å². The summed E-state index contributed by atoms with van der Waals surface area (Å²) < 4.78 is 4.84. The highest BCUT2D eigenvalue weighted by atomic mass is 16.5. The Labute approximate surface area is 168 Å². The van der Waals surface area contributed by atoms with Crippen molar-refractivity contribution in [2.75, 3.05) is 6.61 Å². The van der Waals surface area contributed by atoms with Gasteiger partial charge >= 0.3 is 11.9 Å². The number of esters is 1. The standard InChI is InChI=1S/C21H35NO6/c1-4-7-9-11-13-18(23)22(19(24)14-12-10-8-5-2)17(21(26)27)16-20(25)28-15-6-3/h6,17H,3-5,7-16H2,1-2H3,(H,26,27). The Morgan fingerprint density at radius 2 is 1.43 bits per heavy atom. The van der Waals surface area contributed by atoms with Gasteiger partial charge in [0.05, 0.1) is 6.42 Å². The zero-order valence-corrected chi connectivity index (χ0v) is 17.3. The largest absolute Gasteiger partial charge is 0.480 e. The van der Waals surface area contributed by atoms with E-state index in [0.717, 1.165) is 43.4 Å². The monoisotopic (exact) mass is 397 g/mol. The summed E-state index contributed by atoms with van der Waals surface area (Å²) in [6.45, 7) is 7.46. The van der Waals surface area contributed by atoms with Gasteiger partial charge in [-0.2, -0.15) is 0 Å². The summed E-state index contributed by atoms with van der Waals surface area (Å²) in [5, 5.41) is 9.56. The normalized spacial score (nSPS) is 11.5. The number of carbonyl (C=O) groups is 4. The first-order valence-corrected chi connectivity index (χ1v) is 10.2. The van der Waals surface area contributed by atoms with Gasteiger partial charge in [0.2, 0.25) is 11.8 Å². The molecule has 0 aliphatic carbocycles. The van der Waals surface area contributed by atoms with Crippen LogP contribution in [0, 0.1) is 0 Å². The summed E-state index contributed by atoms with van der Waals surface area (Å²) in [5.41, 5.74) is 0. The maximum Gasteiger partial charge on any atom is 0.327 e. The molecule has 0 aromatic rings. The molecular formula is C21H35NO6. The van der Waals surface area contributed by atoms with E-state index in [1.807, 2.05) is 13.8 Å². The van der Waals surface area contributed by atoms with Crippen LogP contribution in [0.5, 0.6) is 0 Å². The number of carboxylic acids is 1. The zero-order chi connectivity index (χ0) is 21.4. The quantitative estimate of drug-likeness (QED) is 0.241. The van der Waals surface area contributed by atoms with E-state index in [0.29, 0.717) is 12.8 Å². The number of rotatable bonds is 16. The van der Waals surface area contributed by atoms with E-state index < -0.39 is 36.2 Å². The molecule has 0 saturated carbocycles. The molecule has 0 fully saturated rings. The van der Waals surface area contributed by atoms with Crippen LogP contribution < -0.4 is 0 Å². The Bertz CT molecular complexity index is 493. The molecule has 0 radical (unpaired) electrons. The van der Waals surface area contributed by atoms with E-state index in [-0.39, 0.29) is 19.4 Å². The highest BCUT2D eigenvalue weighted by molar-refractivity contribution is 6.00. The van der Waals surface area contributed by atoms with E-state index in [1.165, 1.54) is 6.08 Å². The molecule has 2 amide bonds. The number of unbranched alkanes of at least 4 members (excludes halogenated alkanes) is 6. The van der Waals surface area contributed by atoms with Crippen LogP contribution in [-0.2, 0) is 23.9 Å². The van der Waals surface area contributed by atoms with Gasteiger partial charge < -0.3 is 9.84 Å². The van der Waals surface area contributed by atoms with Gasteiger partial charge in [-0.1, -0.05) is 65.0 Å². The number of amides is 2. The average Bonchev–Trinajstić information content (AvgIpc) is 2.66. The first-order chi connectivity index (χ1) is 13.4. The second-order valence-corrected chi connectivity index (χ2v) is 6.81. The van der Waals surface area contributed by atoms with Gasteiger partial charge in [-0.05, 0) is 12.8 Å². The molecule has 0 aromatic heterocycles. The summed E-state index contributed by atoms with van der Waals surface area (Å²) in [7, 11) is 0. The third-order valence-corrected chi connectivity index (χ3v) is 4.34. The lowest BCUT2D eigenvalue weighted by molar-refractivity contribution is -0.161. The van der Waals surface area contributed by atoms with Crippen molar-refractivity contribution in [3.8, 4) is 0 Å². The Morgan fingerprint density at radius 3 is 1.82 bits per heavy atom. The van der Waals surface area contributed by atoms with E-state index in [1.54, 1.807) is 0 Å². The Hall–Kier alpha value is -2.18. The summed E-state index contributed by atoms with van der Waals surface area (Å²) in [6, 6.07) is -1.55. The molecule has 7 nitrogen and oxygen atoms in total. The fourth-order valence-corrected chi connectivity index (χ4v) is 2.79. The summed E-state index contributed by atoms with van der Waals surface area (Å²) in [6.07, 6.45) is 7.75. The van der Waals surface area contributed by atoms with Crippen LogP contribution >= 0.6 is 0 Å². The molecule has 160 valence electrons. The van der Waals surface area contributed by atoms with E-state index in [9.17, 15) is 24.3 Å². The van der Waals surface area contributed by atoms with Crippen LogP contribution in [0.15, 0.2) is 12.7 Å². The minimum Gasteiger partial charge on any atom is -0.480 e. The second kappa shape index (κ2) is 15.8. The fourth-order valence-electron chi connectivity index (χ4n) is 2.79. The van der Waals surface area contributed by atoms with Crippen LogP contribution in [0.2, 0.25) is 0 Å². The van der Waals surface area contributed by atoms with Crippen molar-refractivity contribution in [1.82, 2.24) is 4.90 Å². The Kier molecular flexibility index (Phi) is 14.6. The van der Waals surface area contributed by atoms with Gasteiger partial charge in [0.1, 0.15) is 12.6 Å². The molecule has 28 heavy (non-hydrogen) atoms. The van der Waals surface area contributed by atoms with Crippen LogP contribution in [0.3, 0.4) is 0 Å². The van der Waals surface area contributed by atoms with Gasteiger partial charge in [0, 0.05) is 12.8 Å². The summed E-state index contributed by atoms with van der Waals surface area (Å²) in [4.78, 5) is 49.7.